The van der Waals surface area contributed by atoms with E-state index in [-0.39, 0.29) is 28.4 Å². The van der Waals surface area contributed by atoms with Gasteiger partial charge in [-0.1, -0.05) is 53.7 Å². The van der Waals surface area contributed by atoms with E-state index in [9.17, 15) is 9.90 Å². The Bertz CT molecular complexity index is 463. The van der Waals surface area contributed by atoms with Gasteiger partial charge in [0.25, 0.3) is 0 Å². The standard InChI is InChI=1S/C18H29NO2/c1-17(2,3)11-15(18(4,5)6)16(21)19-12-13-7-9-14(20)10-8-13/h7-10,15,20H,11-12H2,1-6H3,(H,19,21). The highest BCUT2D eigenvalue weighted by molar-refractivity contribution is 5.79. The molecule has 0 aliphatic rings. The molecule has 0 aliphatic heterocycles. The first-order chi connectivity index (χ1) is 9.49. The van der Waals surface area contributed by atoms with Crippen molar-refractivity contribution in [3.05, 3.63) is 29.8 Å². The lowest BCUT2D eigenvalue weighted by Gasteiger charge is -2.34. The van der Waals surface area contributed by atoms with Gasteiger partial charge in [0.05, 0.1) is 0 Å². The van der Waals surface area contributed by atoms with E-state index in [0.717, 1.165) is 12.0 Å². The molecule has 0 aliphatic carbocycles. The molecule has 1 amide bonds. The summed E-state index contributed by atoms with van der Waals surface area (Å²) in [5.41, 5.74) is 1.05. The normalized spacial score (nSPS) is 13.8. The van der Waals surface area contributed by atoms with Crippen LogP contribution in [0.3, 0.4) is 0 Å². The first-order valence-corrected chi connectivity index (χ1v) is 7.55. The van der Waals surface area contributed by atoms with Crippen molar-refractivity contribution in [1.82, 2.24) is 5.32 Å². The number of carbonyl (C=O) groups excluding carboxylic acids is 1. The van der Waals surface area contributed by atoms with Gasteiger partial charge >= 0.3 is 0 Å². The number of benzene rings is 1. The molecule has 1 rings (SSSR count). The molecule has 1 aromatic rings. The molecule has 0 fully saturated rings. The fourth-order valence-electron chi connectivity index (χ4n) is 2.33. The highest BCUT2D eigenvalue weighted by Gasteiger charge is 2.34. The fraction of sp³-hybridized carbons (Fsp3) is 0.611. The minimum absolute atomic E-state index is 0.0189. The maximum Gasteiger partial charge on any atom is 0.223 e. The maximum atomic E-state index is 12.5. The molecule has 0 radical (unpaired) electrons. The molecule has 1 atom stereocenters. The molecule has 1 unspecified atom stereocenters. The molecule has 3 nitrogen and oxygen atoms in total. The first-order valence-electron chi connectivity index (χ1n) is 7.55. The Hall–Kier alpha value is -1.51. The van der Waals surface area contributed by atoms with Gasteiger partial charge in [0, 0.05) is 12.5 Å². The van der Waals surface area contributed by atoms with E-state index >= 15 is 0 Å². The zero-order valence-electron chi connectivity index (χ0n) is 14.2. The van der Waals surface area contributed by atoms with Crippen LogP contribution in [0.25, 0.3) is 0 Å². The molecule has 21 heavy (non-hydrogen) atoms. The van der Waals surface area contributed by atoms with Crippen molar-refractivity contribution in [2.24, 2.45) is 16.7 Å². The number of hydrogen-bond donors (Lipinski definition) is 2. The van der Waals surface area contributed by atoms with Gasteiger partial charge in [0.2, 0.25) is 5.91 Å². The maximum absolute atomic E-state index is 12.5. The second-order valence-corrected chi connectivity index (χ2v) is 8.07. The number of phenolic OH excluding ortho intramolecular Hbond substituents is 1. The third-order valence-electron chi connectivity index (χ3n) is 3.58. The Morgan fingerprint density at radius 1 is 1.10 bits per heavy atom. The minimum atomic E-state index is -0.0632. The lowest BCUT2D eigenvalue weighted by Crippen LogP contribution is -2.39. The molecule has 0 heterocycles. The third-order valence-corrected chi connectivity index (χ3v) is 3.58. The topological polar surface area (TPSA) is 49.3 Å². The van der Waals surface area contributed by atoms with Gasteiger partial charge in [-0.25, -0.2) is 0 Å². The molecular weight excluding hydrogens is 262 g/mol. The van der Waals surface area contributed by atoms with Gasteiger partial charge in [-0.2, -0.15) is 0 Å². The molecule has 118 valence electrons. The molecule has 0 saturated carbocycles. The number of hydrogen-bond acceptors (Lipinski definition) is 2. The van der Waals surface area contributed by atoms with Crippen molar-refractivity contribution in [2.45, 2.75) is 54.5 Å². The van der Waals surface area contributed by atoms with Gasteiger partial charge in [0.15, 0.2) is 0 Å². The first kappa shape index (κ1) is 17.5. The van der Waals surface area contributed by atoms with Gasteiger partial charge in [-0.15, -0.1) is 0 Å². The lowest BCUT2D eigenvalue weighted by atomic mass is 9.71. The Morgan fingerprint density at radius 2 is 1.62 bits per heavy atom. The molecule has 0 saturated heterocycles. The second kappa shape index (κ2) is 6.50. The van der Waals surface area contributed by atoms with Crippen LogP contribution < -0.4 is 5.32 Å². The zero-order valence-corrected chi connectivity index (χ0v) is 14.2. The smallest absolute Gasteiger partial charge is 0.223 e. The molecule has 2 N–H and O–H groups in total. The lowest BCUT2D eigenvalue weighted by molar-refractivity contribution is -0.129. The van der Waals surface area contributed by atoms with Crippen LogP contribution in [0.2, 0.25) is 0 Å². The average Bonchev–Trinajstić information content (AvgIpc) is 2.32. The summed E-state index contributed by atoms with van der Waals surface area (Å²) in [4.78, 5) is 12.5. The largest absolute Gasteiger partial charge is 0.508 e. The summed E-state index contributed by atoms with van der Waals surface area (Å²) in [6.45, 7) is 13.3. The SMILES string of the molecule is CC(C)(C)CC(C(=O)NCc1ccc(O)cc1)C(C)(C)C. The van der Waals surface area contributed by atoms with Crippen molar-refractivity contribution in [1.29, 1.82) is 0 Å². The highest BCUT2D eigenvalue weighted by Crippen LogP contribution is 2.36. The van der Waals surface area contributed by atoms with Crippen LogP contribution in [0.4, 0.5) is 0 Å². The van der Waals surface area contributed by atoms with Crippen molar-refractivity contribution < 1.29 is 9.90 Å². The predicted molar refractivity (Wildman–Crippen MR) is 87.0 cm³/mol. The quantitative estimate of drug-likeness (QED) is 0.877. The van der Waals surface area contributed by atoms with E-state index in [1.165, 1.54) is 0 Å². The molecule has 1 aromatic carbocycles. The minimum Gasteiger partial charge on any atom is -0.508 e. The number of amides is 1. The van der Waals surface area contributed by atoms with E-state index in [1.54, 1.807) is 12.1 Å². The summed E-state index contributed by atoms with van der Waals surface area (Å²) in [5.74, 6) is 0.325. The molecular formula is C18H29NO2. The van der Waals surface area contributed by atoms with E-state index in [4.69, 9.17) is 0 Å². The predicted octanol–water partition coefficient (Wildman–Crippen LogP) is 4.11. The number of rotatable bonds is 4. The van der Waals surface area contributed by atoms with E-state index in [2.05, 4.69) is 46.9 Å². The van der Waals surface area contributed by atoms with Crippen molar-refractivity contribution in [3.63, 3.8) is 0 Å². The van der Waals surface area contributed by atoms with Crippen molar-refractivity contribution in [3.8, 4) is 5.75 Å². The van der Waals surface area contributed by atoms with Crippen LogP contribution in [0.15, 0.2) is 24.3 Å². The number of phenols is 1. The summed E-state index contributed by atoms with van der Waals surface area (Å²) in [6, 6.07) is 6.92. The van der Waals surface area contributed by atoms with E-state index in [0.29, 0.717) is 6.54 Å². The third kappa shape index (κ3) is 6.19. The summed E-state index contributed by atoms with van der Waals surface area (Å²) >= 11 is 0. The Morgan fingerprint density at radius 3 is 2.05 bits per heavy atom. The number of carbonyl (C=O) groups is 1. The molecule has 3 heteroatoms. The van der Waals surface area contributed by atoms with Crippen LogP contribution in [0.5, 0.6) is 5.75 Å². The summed E-state index contributed by atoms with van der Waals surface area (Å²) < 4.78 is 0. The number of nitrogens with one attached hydrogen (secondary N) is 1. The Balaban J connectivity index is 2.71. The van der Waals surface area contributed by atoms with Gasteiger partial charge in [-0.05, 0) is 34.9 Å². The number of aromatic hydroxyl groups is 1. The Labute approximate surface area is 128 Å². The summed E-state index contributed by atoms with van der Waals surface area (Å²) in [7, 11) is 0. The average molecular weight is 291 g/mol. The van der Waals surface area contributed by atoms with E-state index < -0.39 is 0 Å². The van der Waals surface area contributed by atoms with Crippen molar-refractivity contribution in [2.75, 3.05) is 0 Å². The van der Waals surface area contributed by atoms with Crippen LogP contribution >= 0.6 is 0 Å². The van der Waals surface area contributed by atoms with Crippen LogP contribution in [0, 0.1) is 16.7 Å². The monoisotopic (exact) mass is 291 g/mol. The Kier molecular flexibility index (Phi) is 5.43. The van der Waals surface area contributed by atoms with Gasteiger partial charge in [0.1, 0.15) is 5.75 Å². The highest BCUT2D eigenvalue weighted by atomic mass is 16.3. The molecule has 0 spiro atoms. The van der Waals surface area contributed by atoms with Crippen LogP contribution in [0.1, 0.15) is 53.5 Å². The zero-order chi connectivity index (χ0) is 16.3. The van der Waals surface area contributed by atoms with Gasteiger partial charge in [-0.3, -0.25) is 4.79 Å². The molecule has 0 aromatic heterocycles. The fourth-order valence-corrected chi connectivity index (χ4v) is 2.33. The van der Waals surface area contributed by atoms with Crippen LogP contribution in [-0.2, 0) is 11.3 Å². The van der Waals surface area contributed by atoms with E-state index in [1.807, 2.05) is 12.1 Å². The second-order valence-electron chi connectivity index (χ2n) is 8.07. The molecule has 0 bridgehead atoms. The summed E-state index contributed by atoms with van der Waals surface area (Å²) in [6.07, 6.45) is 0.859. The summed E-state index contributed by atoms with van der Waals surface area (Å²) in [5, 5.41) is 12.3. The van der Waals surface area contributed by atoms with Crippen molar-refractivity contribution >= 4 is 5.91 Å². The van der Waals surface area contributed by atoms with Crippen LogP contribution in [-0.4, -0.2) is 11.0 Å². The van der Waals surface area contributed by atoms with Gasteiger partial charge < -0.3 is 10.4 Å².